The summed E-state index contributed by atoms with van der Waals surface area (Å²) < 4.78 is 12.3. The van der Waals surface area contributed by atoms with Gasteiger partial charge in [-0.1, -0.05) is 35.9 Å². The summed E-state index contributed by atoms with van der Waals surface area (Å²) in [6.45, 7) is 12.7. The summed E-state index contributed by atoms with van der Waals surface area (Å²) in [4.78, 5) is 48.4. The first kappa shape index (κ1) is 32.7. The van der Waals surface area contributed by atoms with E-state index in [0.29, 0.717) is 54.4 Å². The van der Waals surface area contributed by atoms with E-state index in [0.717, 1.165) is 5.56 Å². The number of hydrogen-bond donors (Lipinski definition) is 1. The third-order valence-corrected chi connectivity index (χ3v) is 9.50. The molecule has 10 heteroatoms. The number of aliphatic hydroxyl groups excluding tert-OH is 1. The van der Waals surface area contributed by atoms with Crippen LogP contribution in [0.2, 0.25) is 5.02 Å². The average Bonchev–Trinajstić information content (AvgIpc) is 3.67. The molecule has 2 bridgehead atoms. The molecule has 1 spiro atoms. The molecule has 45 heavy (non-hydrogen) atoms. The molecule has 3 saturated heterocycles. The molecule has 1 N–H and O–H groups in total. The molecule has 0 radical (unpaired) electrons. The molecule has 9 nitrogen and oxygen atoms in total. The van der Waals surface area contributed by atoms with Crippen LogP contribution in [0.1, 0.15) is 38.2 Å². The van der Waals surface area contributed by atoms with E-state index in [1.165, 1.54) is 0 Å². The minimum absolute atomic E-state index is 0.0328. The van der Waals surface area contributed by atoms with Crippen molar-refractivity contribution in [3.8, 4) is 5.75 Å². The monoisotopic (exact) mass is 635 g/mol. The van der Waals surface area contributed by atoms with Crippen LogP contribution in [0.3, 0.4) is 0 Å². The van der Waals surface area contributed by atoms with Crippen molar-refractivity contribution in [2.24, 2.45) is 11.8 Å². The number of nitrogens with zero attached hydrogens (tertiary/aromatic N) is 3. The molecule has 5 rings (SSSR count). The summed E-state index contributed by atoms with van der Waals surface area (Å²) in [5.74, 6) is -1.75. The van der Waals surface area contributed by atoms with Crippen molar-refractivity contribution >= 4 is 40.7 Å². The molecule has 240 valence electrons. The van der Waals surface area contributed by atoms with Gasteiger partial charge in [0.1, 0.15) is 17.4 Å². The normalized spacial score (nSPS) is 24.8. The summed E-state index contributed by atoms with van der Waals surface area (Å²) in [6.07, 6.45) is 4.77. The molecule has 2 aromatic carbocycles. The summed E-state index contributed by atoms with van der Waals surface area (Å²) in [5, 5.41) is 9.91. The Bertz CT molecular complexity index is 1430. The Morgan fingerprint density at radius 1 is 1.11 bits per heavy atom. The first-order chi connectivity index (χ1) is 21.7. The molecule has 0 aromatic heterocycles. The highest BCUT2D eigenvalue weighted by atomic mass is 35.5. The van der Waals surface area contributed by atoms with Crippen LogP contribution < -0.4 is 14.5 Å². The number of carbonyl (C=O) groups is 3. The minimum Gasteiger partial charge on any atom is -0.494 e. The summed E-state index contributed by atoms with van der Waals surface area (Å²) >= 11 is 6.65. The number of amides is 3. The Morgan fingerprint density at radius 3 is 2.47 bits per heavy atom. The number of benzene rings is 2. The van der Waals surface area contributed by atoms with E-state index in [1.54, 1.807) is 32.9 Å². The van der Waals surface area contributed by atoms with Crippen LogP contribution in [0.4, 0.5) is 11.4 Å². The predicted molar refractivity (Wildman–Crippen MR) is 175 cm³/mol. The Kier molecular flexibility index (Phi) is 10.0. The average molecular weight is 636 g/mol. The van der Waals surface area contributed by atoms with Gasteiger partial charge < -0.3 is 29.3 Å². The quantitative estimate of drug-likeness (QED) is 0.233. The molecule has 3 heterocycles. The molecular formula is C35H42ClN3O6. The lowest BCUT2D eigenvalue weighted by molar-refractivity contribution is -0.140. The predicted octanol–water partition coefficient (Wildman–Crippen LogP) is 4.93. The van der Waals surface area contributed by atoms with Gasteiger partial charge in [-0.2, -0.15) is 0 Å². The fourth-order valence-corrected chi connectivity index (χ4v) is 7.73. The van der Waals surface area contributed by atoms with Crippen LogP contribution in [0, 0.1) is 18.8 Å². The van der Waals surface area contributed by atoms with Crippen LogP contribution in [-0.2, 0) is 19.1 Å². The van der Waals surface area contributed by atoms with Crippen LogP contribution in [0.5, 0.6) is 5.75 Å². The van der Waals surface area contributed by atoms with Crippen molar-refractivity contribution in [1.82, 2.24) is 4.90 Å². The lowest BCUT2D eigenvalue weighted by atomic mass is 9.70. The minimum atomic E-state index is -1.17. The van der Waals surface area contributed by atoms with Crippen molar-refractivity contribution in [1.29, 1.82) is 0 Å². The van der Waals surface area contributed by atoms with Gasteiger partial charge in [-0.3, -0.25) is 14.4 Å². The van der Waals surface area contributed by atoms with Crippen LogP contribution in [-0.4, -0.2) is 78.3 Å². The van der Waals surface area contributed by atoms with E-state index in [4.69, 9.17) is 21.1 Å². The largest absolute Gasteiger partial charge is 0.494 e. The fraction of sp³-hybridized carbons (Fsp3) is 0.457. The van der Waals surface area contributed by atoms with Crippen molar-refractivity contribution in [3.63, 3.8) is 0 Å². The maximum atomic E-state index is 14.7. The second-order valence-electron chi connectivity index (χ2n) is 11.8. The number of halogens is 1. The number of aliphatic hydroxyl groups is 1. The standard InChI is InChI=1S/C35H42ClN3O6/c1-5-19-37(24-13-15-25(16-14-24)44-7-3)32(41)28-27-17-18-35(45-27)29(28)33(42)39(21-8-9-22-40)31(35)34(43)38(20-6-2)30-23(4)11-10-12-26(30)36/h5-6,10-16,27-29,31,40H,1-2,7-9,17-22H2,3-4H3/t27-,28+,29+,31?,35?/m1/s1. The number of ether oxygens (including phenoxy) is 2. The molecule has 2 aromatic rings. The molecule has 2 unspecified atom stereocenters. The Labute approximate surface area is 270 Å². The lowest BCUT2D eigenvalue weighted by Gasteiger charge is -2.37. The fourth-order valence-electron chi connectivity index (χ4n) is 7.40. The summed E-state index contributed by atoms with van der Waals surface area (Å²) in [7, 11) is 0. The number of aryl methyl sites for hydroxylation is 1. The molecular weight excluding hydrogens is 594 g/mol. The molecule has 3 aliphatic rings. The van der Waals surface area contributed by atoms with E-state index in [2.05, 4.69) is 13.2 Å². The zero-order chi connectivity index (χ0) is 32.3. The van der Waals surface area contributed by atoms with Crippen molar-refractivity contribution < 1.29 is 29.0 Å². The molecule has 3 amide bonds. The van der Waals surface area contributed by atoms with E-state index in [9.17, 15) is 19.5 Å². The van der Waals surface area contributed by atoms with Crippen molar-refractivity contribution in [3.05, 3.63) is 78.4 Å². The number of carbonyl (C=O) groups excluding carboxylic acids is 3. The Balaban J connectivity index is 1.54. The van der Waals surface area contributed by atoms with Crippen molar-refractivity contribution in [2.45, 2.75) is 57.3 Å². The maximum absolute atomic E-state index is 14.7. The second-order valence-corrected chi connectivity index (χ2v) is 12.2. The summed E-state index contributed by atoms with van der Waals surface area (Å²) in [6, 6.07) is 11.7. The van der Waals surface area contributed by atoms with Crippen LogP contribution >= 0.6 is 11.6 Å². The number of fused-ring (bicyclic) bond motifs is 1. The van der Waals surface area contributed by atoms with Crippen LogP contribution in [0.15, 0.2) is 67.8 Å². The van der Waals surface area contributed by atoms with Gasteiger partial charge in [-0.05, 0) is 75.4 Å². The van der Waals surface area contributed by atoms with E-state index in [1.807, 2.05) is 50.2 Å². The number of unbranched alkanes of at least 4 members (excludes halogenated alkanes) is 1. The third kappa shape index (κ3) is 5.77. The SMILES string of the molecule is C=CCN(C(=O)[C@@H]1[C@H]2C(=O)N(CCCCO)C(C(=O)N(CC=C)c3c(C)cccc3Cl)C23CC[C@H]1O3)c1ccc(OCC)cc1. The van der Waals surface area contributed by atoms with Gasteiger partial charge in [0, 0.05) is 31.9 Å². The van der Waals surface area contributed by atoms with Gasteiger partial charge in [0.25, 0.3) is 5.91 Å². The second kappa shape index (κ2) is 13.8. The Morgan fingerprint density at radius 2 is 1.82 bits per heavy atom. The number of para-hydroxylation sites is 1. The number of anilines is 2. The van der Waals surface area contributed by atoms with Gasteiger partial charge >= 0.3 is 0 Å². The highest BCUT2D eigenvalue weighted by molar-refractivity contribution is 6.34. The van der Waals surface area contributed by atoms with Gasteiger partial charge in [0.2, 0.25) is 11.8 Å². The van der Waals surface area contributed by atoms with Gasteiger partial charge in [-0.15, -0.1) is 13.2 Å². The summed E-state index contributed by atoms with van der Waals surface area (Å²) in [5.41, 5.74) is 0.845. The van der Waals surface area contributed by atoms with E-state index < -0.39 is 29.6 Å². The van der Waals surface area contributed by atoms with Crippen LogP contribution in [0.25, 0.3) is 0 Å². The van der Waals surface area contributed by atoms with Gasteiger partial charge in [0.15, 0.2) is 0 Å². The van der Waals surface area contributed by atoms with E-state index >= 15 is 0 Å². The first-order valence-electron chi connectivity index (χ1n) is 15.7. The topological polar surface area (TPSA) is 99.6 Å². The first-order valence-corrected chi connectivity index (χ1v) is 16.0. The molecule has 3 aliphatic heterocycles. The number of likely N-dealkylation sites (tertiary alicyclic amines) is 1. The Hall–Kier alpha value is -3.66. The zero-order valence-corrected chi connectivity index (χ0v) is 26.7. The maximum Gasteiger partial charge on any atom is 0.253 e. The third-order valence-electron chi connectivity index (χ3n) is 9.20. The lowest BCUT2D eigenvalue weighted by Crippen LogP contribution is -2.57. The highest BCUT2D eigenvalue weighted by Gasteiger charge is 2.75. The molecule has 0 aliphatic carbocycles. The number of rotatable bonds is 14. The molecule has 0 saturated carbocycles. The smallest absolute Gasteiger partial charge is 0.253 e. The van der Waals surface area contributed by atoms with Gasteiger partial charge in [-0.25, -0.2) is 0 Å². The number of hydrogen-bond acceptors (Lipinski definition) is 6. The van der Waals surface area contributed by atoms with Gasteiger partial charge in [0.05, 0.1) is 35.3 Å². The zero-order valence-electron chi connectivity index (χ0n) is 26.0. The molecule has 5 atom stereocenters. The van der Waals surface area contributed by atoms with E-state index in [-0.39, 0.29) is 44.0 Å². The molecule has 3 fully saturated rings. The highest BCUT2D eigenvalue weighted by Crippen LogP contribution is 2.59. The van der Waals surface area contributed by atoms with Crippen molar-refractivity contribution in [2.75, 3.05) is 42.6 Å².